The van der Waals surface area contributed by atoms with E-state index in [4.69, 9.17) is 34.8 Å². The van der Waals surface area contributed by atoms with Gasteiger partial charge < -0.3 is 10.6 Å². The van der Waals surface area contributed by atoms with Gasteiger partial charge in [0.15, 0.2) is 0 Å². The molecule has 3 rings (SSSR count). The van der Waals surface area contributed by atoms with E-state index >= 15 is 0 Å². The molecule has 218 valence electrons. The van der Waals surface area contributed by atoms with Crippen molar-refractivity contribution in [2.75, 3.05) is 6.54 Å². The Kier molecular flexibility index (Phi) is 9.03. The lowest BCUT2D eigenvalue weighted by atomic mass is 9.96. The van der Waals surface area contributed by atoms with E-state index in [0.717, 1.165) is 24.3 Å². The lowest BCUT2D eigenvalue weighted by Crippen LogP contribution is -2.51. The zero-order chi connectivity index (χ0) is 30.3. The largest absolute Gasteiger partial charge is 0.417 e. The van der Waals surface area contributed by atoms with Gasteiger partial charge in [0.2, 0.25) is 5.91 Å². The Balaban J connectivity index is 1.90. The van der Waals surface area contributed by atoms with Crippen molar-refractivity contribution in [3.8, 4) is 0 Å². The van der Waals surface area contributed by atoms with Crippen LogP contribution in [0.5, 0.6) is 0 Å². The van der Waals surface area contributed by atoms with Gasteiger partial charge in [-0.3, -0.25) is 9.59 Å². The van der Waals surface area contributed by atoms with Crippen molar-refractivity contribution in [2.24, 2.45) is 0 Å². The summed E-state index contributed by atoms with van der Waals surface area (Å²) in [5, 5.41) is 2.87. The summed E-state index contributed by atoms with van der Waals surface area (Å²) < 4.78 is 120. The molecular formula is C24H16Cl3F9N2O2. The summed E-state index contributed by atoms with van der Waals surface area (Å²) in [6.45, 7) is -1.70. The minimum atomic E-state index is -5.16. The molecule has 2 N–H and O–H groups in total. The maximum atomic E-state index is 13.8. The van der Waals surface area contributed by atoms with Gasteiger partial charge in [-0.05, 0) is 48.2 Å². The van der Waals surface area contributed by atoms with Crippen molar-refractivity contribution in [3.63, 3.8) is 0 Å². The number of hydrogen-bond acceptors (Lipinski definition) is 2. The Morgan fingerprint density at radius 1 is 0.925 bits per heavy atom. The van der Waals surface area contributed by atoms with Gasteiger partial charge in [0.1, 0.15) is 12.1 Å². The lowest BCUT2D eigenvalue weighted by molar-refractivity contribution is -0.140. The van der Waals surface area contributed by atoms with Crippen LogP contribution in [0.25, 0.3) is 6.08 Å². The van der Waals surface area contributed by atoms with Crippen molar-refractivity contribution in [3.05, 3.63) is 73.7 Å². The van der Waals surface area contributed by atoms with Gasteiger partial charge in [-0.2, -0.15) is 39.5 Å². The normalized spacial score (nSPS) is 16.1. The van der Waals surface area contributed by atoms with Gasteiger partial charge in [0.05, 0.1) is 32.1 Å². The SMILES string of the molecule is O=C(NC1(C(=O)NCC(F)(F)F)CC1)c1ccc(C=C[C@H](c2cc(Cl)c(Cl)c(Cl)c2)C(F)(F)F)cc1C(F)(F)F. The van der Waals surface area contributed by atoms with Gasteiger partial charge in [-0.25, -0.2) is 0 Å². The topological polar surface area (TPSA) is 58.2 Å². The molecule has 1 saturated carbocycles. The predicted molar refractivity (Wildman–Crippen MR) is 129 cm³/mol. The Morgan fingerprint density at radius 2 is 1.50 bits per heavy atom. The molecule has 0 aromatic heterocycles. The second kappa shape index (κ2) is 11.3. The number of nitrogens with one attached hydrogen (secondary N) is 2. The standard InChI is InChI=1S/C24H16Cl3F9N2O2/c25-16-8-12(9-17(26)18(16)27)14(23(31,32)33)4-2-11-1-3-13(15(7-11)24(34,35)36)19(39)38-21(5-6-21)20(40)37-10-22(28,29)30/h1-4,7-9,14H,5-6,10H2,(H,37,40)(H,38,39)/t14-/m1/s1. The average molecular weight is 642 g/mol. The van der Waals surface area contributed by atoms with Crippen LogP contribution in [-0.4, -0.2) is 36.3 Å². The second-order valence-electron chi connectivity index (χ2n) is 8.81. The molecular weight excluding hydrogens is 626 g/mol. The van der Waals surface area contributed by atoms with Crippen molar-refractivity contribution >= 4 is 52.7 Å². The van der Waals surface area contributed by atoms with Crippen LogP contribution in [0.1, 0.15) is 45.8 Å². The Morgan fingerprint density at radius 3 is 1.98 bits per heavy atom. The molecule has 2 aromatic rings. The number of benzene rings is 2. The van der Waals surface area contributed by atoms with Crippen LogP contribution in [0.2, 0.25) is 15.1 Å². The third-order valence-electron chi connectivity index (χ3n) is 5.78. The molecule has 1 aliphatic carbocycles. The van der Waals surface area contributed by atoms with E-state index in [0.29, 0.717) is 18.2 Å². The molecule has 0 bridgehead atoms. The molecule has 16 heteroatoms. The summed E-state index contributed by atoms with van der Waals surface area (Å²) in [5.41, 5.74) is -5.14. The summed E-state index contributed by atoms with van der Waals surface area (Å²) in [5.74, 6) is -4.96. The molecule has 1 aliphatic rings. The highest BCUT2D eigenvalue weighted by molar-refractivity contribution is 6.48. The number of hydrogen-bond donors (Lipinski definition) is 2. The van der Waals surface area contributed by atoms with Crippen molar-refractivity contribution in [1.82, 2.24) is 10.6 Å². The van der Waals surface area contributed by atoms with E-state index in [1.54, 1.807) is 5.32 Å². The van der Waals surface area contributed by atoms with Crippen LogP contribution in [0.4, 0.5) is 39.5 Å². The van der Waals surface area contributed by atoms with Crippen LogP contribution < -0.4 is 10.6 Å². The van der Waals surface area contributed by atoms with Crippen LogP contribution >= 0.6 is 34.8 Å². The number of amides is 2. The minimum absolute atomic E-state index is 0.109. The zero-order valence-electron chi connectivity index (χ0n) is 19.6. The average Bonchev–Trinajstić information content (AvgIpc) is 3.59. The fourth-order valence-electron chi connectivity index (χ4n) is 3.64. The number of alkyl halides is 9. The van der Waals surface area contributed by atoms with Gasteiger partial charge in [-0.1, -0.05) is 53.0 Å². The van der Waals surface area contributed by atoms with E-state index in [-0.39, 0.29) is 33.5 Å². The fraction of sp³-hybridized carbons (Fsp3) is 0.333. The van der Waals surface area contributed by atoms with Gasteiger partial charge in [0, 0.05) is 0 Å². The maximum Gasteiger partial charge on any atom is 0.417 e. The summed E-state index contributed by atoms with van der Waals surface area (Å²) in [6.07, 6.45) is -13.7. The molecule has 0 saturated heterocycles. The van der Waals surface area contributed by atoms with Gasteiger partial charge >= 0.3 is 18.5 Å². The monoisotopic (exact) mass is 640 g/mol. The molecule has 4 nitrogen and oxygen atoms in total. The molecule has 1 atom stereocenters. The van der Waals surface area contributed by atoms with E-state index in [1.165, 1.54) is 0 Å². The van der Waals surface area contributed by atoms with Crippen LogP contribution in [-0.2, 0) is 11.0 Å². The number of halogens is 12. The zero-order valence-corrected chi connectivity index (χ0v) is 21.9. The fourth-order valence-corrected chi connectivity index (χ4v) is 4.25. The van der Waals surface area contributed by atoms with Gasteiger partial charge in [0.25, 0.3) is 5.91 Å². The first-order valence-corrected chi connectivity index (χ1v) is 12.1. The Bertz CT molecular complexity index is 1310. The van der Waals surface area contributed by atoms with Crippen LogP contribution in [0.3, 0.4) is 0 Å². The van der Waals surface area contributed by atoms with E-state index in [2.05, 4.69) is 0 Å². The molecule has 40 heavy (non-hydrogen) atoms. The number of carbonyl (C=O) groups excluding carboxylic acids is 2. The first-order chi connectivity index (χ1) is 18.2. The highest BCUT2D eigenvalue weighted by Gasteiger charge is 2.52. The number of rotatable bonds is 7. The summed E-state index contributed by atoms with van der Waals surface area (Å²) >= 11 is 17.4. The van der Waals surface area contributed by atoms with Crippen molar-refractivity contribution < 1.29 is 49.1 Å². The predicted octanol–water partition coefficient (Wildman–Crippen LogP) is 7.97. The second-order valence-corrected chi connectivity index (χ2v) is 10.0. The lowest BCUT2D eigenvalue weighted by Gasteiger charge is -2.20. The quantitative estimate of drug-likeness (QED) is 0.238. The molecule has 2 aromatic carbocycles. The maximum absolute atomic E-state index is 13.8. The summed E-state index contributed by atoms with van der Waals surface area (Å²) in [7, 11) is 0. The summed E-state index contributed by atoms with van der Waals surface area (Å²) in [6, 6.07) is 3.85. The highest BCUT2D eigenvalue weighted by Crippen LogP contribution is 2.42. The van der Waals surface area contributed by atoms with Crippen molar-refractivity contribution in [1.29, 1.82) is 0 Å². The highest BCUT2D eigenvalue weighted by atomic mass is 35.5. The van der Waals surface area contributed by atoms with E-state index in [1.807, 2.05) is 5.32 Å². The van der Waals surface area contributed by atoms with Crippen LogP contribution in [0, 0.1) is 0 Å². The first-order valence-electron chi connectivity index (χ1n) is 11.0. The molecule has 0 radical (unpaired) electrons. The van der Waals surface area contributed by atoms with E-state index in [9.17, 15) is 49.1 Å². The summed E-state index contributed by atoms with van der Waals surface area (Å²) in [4.78, 5) is 24.8. The van der Waals surface area contributed by atoms with E-state index < -0.39 is 65.0 Å². The van der Waals surface area contributed by atoms with Gasteiger partial charge in [-0.15, -0.1) is 0 Å². The minimum Gasteiger partial charge on any atom is -0.345 e. The molecule has 2 amide bonds. The third-order valence-corrected chi connectivity index (χ3v) is 6.98. The molecule has 0 heterocycles. The number of allylic oxidation sites excluding steroid dienone is 1. The molecule has 1 fully saturated rings. The Hall–Kier alpha value is -2.64. The molecule has 0 unspecified atom stereocenters. The third kappa shape index (κ3) is 7.76. The molecule has 0 spiro atoms. The molecule has 0 aliphatic heterocycles. The van der Waals surface area contributed by atoms with Crippen molar-refractivity contribution in [2.45, 2.75) is 42.8 Å². The first kappa shape index (κ1) is 31.9. The smallest absolute Gasteiger partial charge is 0.345 e. The number of carbonyl (C=O) groups is 2. The van der Waals surface area contributed by atoms with Crippen LogP contribution in [0.15, 0.2) is 36.4 Å². The Labute approximate surface area is 235 Å².